The molecule has 3 N–H and O–H groups in total. The van der Waals surface area contributed by atoms with Crippen LogP contribution in [0.4, 0.5) is 0 Å². The van der Waals surface area contributed by atoms with Crippen molar-refractivity contribution in [1.82, 2.24) is 25.4 Å². The van der Waals surface area contributed by atoms with Crippen molar-refractivity contribution in [2.24, 2.45) is 0 Å². The molecule has 3 aromatic rings. The first-order valence-electron chi connectivity index (χ1n) is 9.31. The summed E-state index contributed by atoms with van der Waals surface area (Å²) in [6.07, 6.45) is 6.59. The van der Waals surface area contributed by atoms with Crippen LogP contribution >= 0.6 is 11.3 Å². The van der Waals surface area contributed by atoms with Gasteiger partial charge in [0.15, 0.2) is 0 Å². The lowest BCUT2D eigenvalue weighted by Gasteiger charge is -2.32. The average molecular weight is 397 g/mol. The van der Waals surface area contributed by atoms with Gasteiger partial charge in [-0.15, -0.1) is 0 Å². The molecule has 3 heterocycles. The number of fused-ring (bicyclic) bond motifs is 1. The molecule has 0 spiro atoms. The molecule has 28 heavy (non-hydrogen) atoms. The van der Waals surface area contributed by atoms with Crippen LogP contribution in [0, 0.1) is 0 Å². The molecular formula is C19H19N5O3S. The zero-order chi connectivity index (χ0) is 19.3. The monoisotopic (exact) mass is 397 g/mol. The Morgan fingerprint density at radius 1 is 1.32 bits per heavy atom. The van der Waals surface area contributed by atoms with Crippen LogP contribution in [0.1, 0.15) is 45.7 Å². The number of hydrogen-bond acceptors (Lipinski definition) is 5. The number of carbonyl (C=O) groups excluding carboxylic acids is 2. The summed E-state index contributed by atoms with van der Waals surface area (Å²) < 4.78 is 0. The predicted octanol–water partition coefficient (Wildman–Crippen LogP) is 1.88. The third-order valence-corrected chi connectivity index (χ3v) is 6.57. The Bertz CT molecular complexity index is 1130. The van der Waals surface area contributed by atoms with Crippen LogP contribution in [0.3, 0.4) is 0 Å². The van der Waals surface area contributed by atoms with E-state index in [0.717, 1.165) is 42.4 Å². The van der Waals surface area contributed by atoms with Crippen molar-refractivity contribution in [1.29, 1.82) is 0 Å². The SMILES string of the molecule is O=C(NC1(C2CCCN2C(=O)c2c[nH]c(=O)s2)CC1)c1cccc2cn[nH]c12. The largest absolute Gasteiger partial charge is 0.344 e. The van der Waals surface area contributed by atoms with Gasteiger partial charge >= 0.3 is 4.87 Å². The quantitative estimate of drug-likeness (QED) is 0.624. The highest BCUT2D eigenvalue weighted by atomic mass is 32.1. The molecule has 2 aliphatic rings. The van der Waals surface area contributed by atoms with Gasteiger partial charge in [-0.3, -0.25) is 19.5 Å². The molecule has 1 atom stereocenters. The van der Waals surface area contributed by atoms with Gasteiger partial charge in [-0.25, -0.2) is 0 Å². The van der Waals surface area contributed by atoms with Crippen LogP contribution in [-0.2, 0) is 0 Å². The fourth-order valence-electron chi connectivity index (χ4n) is 4.24. The van der Waals surface area contributed by atoms with Gasteiger partial charge < -0.3 is 15.2 Å². The Kier molecular flexibility index (Phi) is 3.87. The van der Waals surface area contributed by atoms with Crippen LogP contribution in [0.5, 0.6) is 0 Å². The maximum Gasteiger partial charge on any atom is 0.305 e. The summed E-state index contributed by atoms with van der Waals surface area (Å²) in [5.41, 5.74) is 0.875. The molecule has 0 bridgehead atoms. The van der Waals surface area contributed by atoms with Gasteiger partial charge in [0.05, 0.1) is 28.9 Å². The van der Waals surface area contributed by atoms with Crippen LogP contribution in [0.2, 0.25) is 0 Å². The number of carbonyl (C=O) groups is 2. The van der Waals surface area contributed by atoms with E-state index in [4.69, 9.17) is 0 Å². The number of aromatic amines is 2. The van der Waals surface area contributed by atoms with Gasteiger partial charge in [0.25, 0.3) is 11.8 Å². The summed E-state index contributed by atoms with van der Waals surface area (Å²) in [6, 6.07) is 5.47. The Hall–Kier alpha value is -2.94. The zero-order valence-corrected chi connectivity index (χ0v) is 15.8. The normalized spacial score (nSPS) is 20.4. The Morgan fingerprint density at radius 3 is 2.93 bits per heavy atom. The van der Waals surface area contributed by atoms with Crippen LogP contribution in [0.15, 0.2) is 35.4 Å². The van der Waals surface area contributed by atoms with Crippen molar-refractivity contribution < 1.29 is 9.59 Å². The first kappa shape index (κ1) is 17.2. The second-order valence-electron chi connectivity index (χ2n) is 7.45. The van der Waals surface area contributed by atoms with E-state index in [-0.39, 0.29) is 22.7 Å². The van der Waals surface area contributed by atoms with Crippen LogP contribution in [0.25, 0.3) is 10.9 Å². The number of nitrogens with one attached hydrogen (secondary N) is 3. The van der Waals surface area contributed by atoms with E-state index in [1.54, 1.807) is 12.3 Å². The maximum atomic E-state index is 13.0. The summed E-state index contributed by atoms with van der Waals surface area (Å²) in [6.45, 7) is 0.642. The molecule has 8 nitrogen and oxygen atoms in total. The van der Waals surface area contributed by atoms with Crippen LogP contribution in [-0.4, -0.2) is 50.0 Å². The molecule has 1 aliphatic heterocycles. The third kappa shape index (κ3) is 2.73. The molecule has 2 fully saturated rings. The van der Waals surface area contributed by atoms with Gasteiger partial charge in [0, 0.05) is 18.1 Å². The molecule has 0 radical (unpaired) electrons. The highest BCUT2D eigenvalue weighted by Gasteiger charge is 2.55. The van der Waals surface area contributed by atoms with E-state index >= 15 is 0 Å². The van der Waals surface area contributed by atoms with Crippen molar-refractivity contribution in [3.63, 3.8) is 0 Å². The minimum absolute atomic E-state index is 0.0536. The summed E-state index contributed by atoms with van der Waals surface area (Å²) in [5, 5.41) is 11.0. The number of benzene rings is 1. The summed E-state index contributed by atoms with van der Waals surface area (Å²) in [7, 11) is 0. The molecule has 1 saturated heterocycles. The fraction of sp³-hybridized carbons (Fsp3) is 0.368. The second kappa shape index (κ2) is 6.30. The fourth-order valence-corrected chi connectivity index (χ4v) is 4.88. The number of aromatic nitrogens is 3. The Labute approximate surface area is 163 Å². The molecule has 2 amide bonds. The van der Waals surface area contributed by atoms with Gasteiger partial charge in [-0.1, -0.05) is 23.5 Å². The van der Waals surface area contributed by atoms with E-state index in [0.29, 0.717) is 22.5 Å². The molecule has 144 valence electrons. The number of thiazole rings is 1. The number of nitrogens with zero attached hydrogens (tertiary/aromatic N) is 2. The van der Waals surface area contributed by atoms with Crippen molar-refractivity contribution in [2.45, 2.75) is 37.3 Å². The molecule has 2 aromatic heterocycles. The predicted molar refractivity (Wildman–Crippen MR) is 105 cm³/mol. The highest BCUT2D eigenvalue weighted by Crippen LogP contribution is 2.45. The molecule has 5 rings (SSSR count). The van der Waals surface area contributed by atoms with Crippen LogP contribution < -0.4 is 10.2 Å². The van der Waals surface area contributed by atoms with Gasteiger partial charge in [-0.2, -0.15) is 5.10 Å². The minimum atomic E-state index is -0.396. The van der Waals surface area contributed by atoms with E-state index in [2.05, 4.69) is 20.5 Å². The molecule has 1 unspecified atom stereocenters. The highest BCUT2D eigenvalue weighted by molar-refractivity contribution is 7.11. The van der Waals surface area contributed by atoms with Gasteiger partial charge in [-0.05, 0) is 31.7 Å². The lowest BCUT2D eigenvalue weighted by molar-refractivity contribution is 0.0676. The third-order valence-electron chi connectivity index (χ3n) is 5.76. The number of amides is 2. The lowest BCUT2D eigenvalue weighted by atomic mass is 10.0. The summed E-state index contributed by atoms with van der Waals surface area (Å²) in [4.78, 5) is 41.9. The molecule has 1 aliphatic carbocycles. The minimum Gasteiger partial charge on any atom is -0.344 e. The lowest BCUT2D eigenvalue weighted by Crippen LogP contribution is -2.52. The second-order valence-corrected chi connectivity index (χ2v) is 8.46. The average Bonchev–Trinajstić information content (AvgIpc) is 3.13. The molecule has 1 aromatic carbocycles. The van der Waals surface area contributed by atoms with E-state index in [9.17, 15) is 14.4 Å². The molecule has 1 saturated carbocycles. The van der Waals surface area contributed by atoms with Crippen molar-refractivity contribution >= 4 is 34.1 Å². The smallest absolute Gasteiger partial charge is 0.305 e. The zero-order valence-electron chi connectivity index (χ0n) is 15.0. The number of likely N-dealkylation sites (tertiary alicyclic amines) is 1. The topological polar surface area (TPSA) is 111 Å². The standard InChI is InChI=1S/C19H19N5O3S/c25-16(12-4-1-3-11-9-21-23-15(11)12)22-19(6-7-19)14-5-2-8-24(14)17(26)13-10-20-18(27)28-13/h1,3-4,9-10,14H,2,5-8H2,(H,20,27)(H,21,23)(H,22,25). The van der Waals surface area contributed by atoms with E-state index in [1.165, 1.54) is 6.20 Å². The first-order valence-corrected chi connectivity index (χ1v) is 10.1. The Balaban J connectivity index is 1.39. The number of rotatable bonds is 4. The van der Waals surface area contributed by atoms with E-state index in [1.807, 2.05) is 17.0 Å². The molecular weight excluding hydrogens is 378 g/mol. The van der Waals surface area contributed by atoms with E-state index < -0.39 is 5.54 Å². The number of para-hydroxylation sites is 1. The number of H-pyrrole nitrogens is 2. The maximum absolute atomic E-state index is 13.0. The summed E-state index contributed by atoms with van der Waals surface area (Å²) in [5.74, 6) is -0.292. The first-order chi connectivity index (χ1) is 13.6. The Morgan fingerprint density at radius 2 is 2.18 bits per heavy atom. The number of hydrogen-bond donors (Lipinski definition) is 3. The van der Waals surface area contributed by atoms with Gasteiger partial charge in [0.2, 0.25) is 0 Å². The summed E-state index contributed by atoms with van der Waals surface area (Å²) >= 11 is 0.928. The van der Waals surface area contributed by atoms with Crippen molar-refractivity contribution in [3.05, 3.63) is 50.7 Å². The van der Waals surface area contributed by atoms with Crippen molar-refractivity contribution in [3.8, 4) is 0 Å². The molecule has 9 heteroatoms. The van der Waals surface area contributed by atoms with Crippen molar-refractivity contribution in [2.75, 3.05) is 6.54 Å². The van der Waals surface area contributed by atoms with Gasteiger partial charge in [0.1, 0.15) is 4.88 Å².